The van der Waals surface area contributed by atoms with Gasteiger partial charge in [-0.3, -0.25) is 4.79 Å². The van der Waals surface area contributed by atoms with Crippen molar-refractivity contribution in [2.45, 2.75) is 13.2 Å². The maximum Gasteiger partial charge on any atom is 0.278 e. The van der Waals surface area contributed by atoms with E-state index in [1.54, 1.807) is 19.2 Å². The summed E-state index contributed by atoms with van der Waals surface area (Å²) in [6.07, 6.45) is 0. The molecule has 2 aromatic carbocycles. The van der Waals surface area contributed by atoms with Gasteiger partial charge in [0.15, 0.2) is 0 Å². The zero-order valence-corrected chi connectivity index (χ0v) is 15.4. The van der Waals surface area contributed by atoms with Crippen LogP contribution in [-0.2, 0) is 13.2 Å². The number of aliphatic hydroxyl groups is 1. The highest BCUT2D eigenvalue weighted by Gasteiger charge is 2.15. The monoisotopic (exact) mass is 404 g/mol. The molecule has 0 radical (unpaired) electrons. The van der Waals surface area contributed by atoms with Gasteiger partial charge in [0.2, 0.25) is 0 Å². The van der Waals surface area contributed by atoms with Crippen LogP contribution < -0.4 is 15.0 Å². The van der Waals surface area contributed by atoms with E-state index in [0.29, 0.717) is 22.2 Å². The zero-order valence-electron chi connectivity index (χ0n) is 13.8. The standard InChI is InChI=1S/C18H17BrN2O4/c1-24-13-5-3-11(4-6-13)9-21-18(23)17-14(15(10-22)20-21)7-12(19)8-16(17)25-2/h3-8,22H,9-10H2,1-2H3. The molecule has 0 atom stereocenters. The number of aromatic nitrogens is 2. The second kappa shape index (κ2) is 7.25. The van der Waals surface area contributed by atoms with Gasteiger partial charge in [0.05, 0.1) is 38.5 Å². The summed E-state index contributed by atoms with van der Waals surface area (Å²) in [6.45, 7) is 0.00395. The summed E-state index contributed by atoms with van der Waals surface area (Å²) in [6, 6.07) is 10.9. The Morgan fingerprint density at radius 1 is 1.16 bits per heavy atom. The summed E-state index contributed by atoms with van der Waals surface area (Å²) < 4.78 is 12.6. The van der Waals surface area contributed by atoms with Crippen molar-refractivity contribution in [3.8, 4) is 11.5 Å². The van der Waals surface area contributed by atoms with Crippen molar-refractivity contribution in [2.24, 2.45) is 0 Å². The van der Waals surface area contributed by atoms with Crippen LogP contribution in [0.2, 0.25) is 0 Å². The van der Waals surface area contributed by atoms with Gasteiger partial charge < -0.3 is 14.6 Å². The number of aliphatic hydroxyl groups excluding tert-OH is 1. The van der Waals surface area contributed by atoms with E-state index < -0.39 is 0 Å². The first-order valence-corrected chi connectivity index (χ1v) is 8.37. The number of fused-ring (bicyclic) bond motifs is 1. The molecule has 0 bridgehead atoms. The van der Waals surface area contributed by atoms with E-state index in [-0.39, 0.29) is 18.7 Å². The van der Waals surface area contributed by atoms with Crippen LogP contribution in [0.4, 0.5) is 0 Å². The fourth-order valence-electron chi connectivity index (χ4n) is 2.69. The maximum absolute atomic E-state index is 12.9. The molecule has 0 aliphatic heterocycles. The summed E-state index contributed by atoms with van der Waals surface area (Å²) in [5, 5.41) is 15.0. The average Bonchev–Trinajstić information content (AvgIpc) is 2.63. The lowest BCUT2D eigenvalue weighted by atomic mass is 10.1. The molecule has 7 heteroatoms. The summed E-state index contributed by atoms with van der Waals surface area (Å²) in [7, 11) is 3.11. The molecule has 1 aromatic heterocycles. The number of benzene rings is 2. The molecule has 0 fully saturated rings. The topological polar surface area (TPSA) is 73.6 Å². The second-order valence-electron chi connectivity index (χ2n) is 5.45. The number of nitrogens with zero attached hydrogens (tertiary/aromatic N) is 2. The van der Waals surface area contributed by atoms with Crippen molar-refractivity contribution >= 4 is 26.7 Å². The average molecular weight is 405 g/mol. The molecule has 25 heavy (non-hydrogen) atoms. The Balaban J connectivity index is 2.16. The highest BCUT2D eigenvalue weighted by Crippen LogP contribution is 2.29. The largest absolute Gasteiger partial charge is 0.497 e. The summed E-state index contributed by atoms with van der Waals surface area (Å²) in [5.74, 6) is 1.18. The fraction of sp³-hybridized carbons (Fsp3) is 0.222. The third-order valence-corrected chi connectivity index (χ3v) is 4.39. The first kappa shape index (κ1) is 17.4. The minimum Gasteiger partial charge on any atom is -0.497 e. The van der Waals surface area contributed by atoms with E-state index in [9.17, 15) is 9.90 Å². The minimum absolute atomic E-state index is 0.271. The molecule has 130 valence electrons. The van der Waals surface area contributed by atoms with Crippen LogP contribution in [0.5, 0.6) is 11.5 Å². The molecular formula is C18H17BrN2O4. The summed E-state index contributed by atoms with van der Waals surface area (Å²) in [4.78, 5) is 12.9. The van der Waals surface area contributed by atoms with Crippen molar-refractivity contribution in [1.82, 2.24) is 9.78 Å². The van der Waals surface area contributed by atoms with Crippen molar-refractivity contribution in [2.75, 3.05) is 14.2 Å². The highest BCUT2D eigenvalue weighted by atomic mass is 79.9. The molecule has 0 amide bonds. The minimum atomic E-state index is -0.279. The van der Waals surface area contributed by atoms with Crippen LogP contribution >= 0.6 is 15.9 Å². The van der Waals surface area contributed by atoms with Gasteiger partial charge in [-0.05, 0) is 29.8 Å². The normalized spacial score (nSPS) is 10.9. The number of hydrogen-bond donors (Lipinski definition) is 1. The molecule has 1 N–H and O–H groups in total. The van der Waals surface area contributed by atoms with E-state index in [2.05, 4.69) is 21.0 Å². The predicted molar refractivity (Wildman–Crippen MR) is 98.3 cm³/mol. The molecule has 0 saturated heterocycles. The van der Waals surface area contributed by atoms with Crippen molar-refractivity contribution < 1.29 is 14.6 Å². The zero-order chi connectivity index (χ0) is 18.0. The van der Waals surface area contributed by atoms with Crippen LogP contribution in [0.3, 0.4) is 0 Å². The Hall–Kier alpha value is -2.38. The van der Waals surface area contributed by atoms with E-state index in [1.165, 1.54) is 11.8 Å². The third kappa shape index (κ3) is 3.38. The van der Waals surface area contributed by atoms with E-state index >= 15 is 0 Å². The van der Waals surface area contributed by atoms with E-state index in [0.717, 1.165) is 15.8 Å². The Labute approximate surface area is 152 Å². The number of ether oxygens (including phenoxy) is 2. The van der Waals surface area contributed by atoms with Gasteiger partial charge in [0.25, 0.3) is 5.56 Å². The maximum atomic E-state index is 12.9. The number of rotatable bonds is 5. The summed E-state index contributed by atoms with van der Waals surface area (Å²) >= 11 is 3.39. The molecular weight excluding hydrogens is 388 g/mol. The third-order valence-electron chi connectivity index (χ3n) is 3.93. The van der Waals surface area contributed by atoms with Gasteiger partial charge in [-0.25, -0.2) is 4.68 Å². The fourth-order valence-corrected chi connectivity index (χ4v) is 3.13. The first-order chi connectivity index (χ1) is 12.1. The van der Waals surface area contributed by atoms with Crippen LogP contribution in [0, 0.1) is 0 Å². The quantitative estimate of drug-likeness (QED) is 0.707. The van der Waals surface area contributed by atoms with Gasteiger partial charge in [0.1, 0.15) is 11.5 Å². The summed E-state index contributed by atoms with van der Waals surface area (Å²) in [5.41, 5.74) is 1.05. The Kier molecular flexibility index (Phi) is 5.06. The molecule has 0 unspecified atom stereocenters. The Bertz CT molecular complexity index is 967. The van der Waals surface area contributed by atoms with Crippen molar-refractivity contribution in [3.63, 3.8) is 0 Å². The van der Waals surface area contributed by atoms with Gasteiger partial charge in [-0.15, -0.1) is 0 Å². The van der Waals surface area contributed by atoms with Gasteiger partial charge >= 0.3 is 0 Å². The lowest BCUT2D eigenvalue weighted by molar-refractivity contribution is 0.275. The number of halogens is 1. The van der Waals surface area contributed by atoms with Crippen LogP contribution in [0.15, 0.2) is 45.7 Å². The number of hydrogen-bond acceptors (Lipinski definition) is 5. The Morgan fingerprint density at radius 3 is 2.48 bits per heavy atom. The number of methoxy groups -OCH3 is 2. The Morgan fingerprint density at radius 2 is 1.88 bits per heavy atom. The lowest BCUT2D eigenvalue weighted by Crippen LogP contribution is -2.25. The highest BCUT2D eigenvalue weighted by molar-refractivity contribution is 9.10. The SMILES string of the molecule is COc1ccc(Cn2nc(CO)c3cc(Br)cc(OC)c3c2=O)cc1. The molecule has 0 spiro atoms. The molecule has 3 rings (SSSR count). The van der Waals surface area contributed by atoms with Gasteiger partial charge in [-0.2, -0.15) is 5.10 Å². The van der Waals surface area contributed by atoms with Crippen LogP contribution in [0.25, 0.3) is 10.8 Å². The van der Waals surface area contributed by atoms with Crippen LogP contribution in [0.1, 0.15) is 11.3 Å². The van der Waals surface area contributed by atoms with Crippen molar-refractivity contribution in [1.29, 1.82) is 0 Å². The first-order valence-electron chi connectivity index (χ1n) is 7.58. The molecule has 0 aliphatic carbocycles. The van der Waals surface area contributed by atoms with E-state index in [1.807, 2.05) is 24.3 Å². The molecule has 6 nitrogen and oxygen atoms in total. The molecule has 1 heterocycles. The lowest BCUT2D eigenvalue weighted by Gasteiger charge is -2.13. The van der Waals surface area contributed by atoms with Crippen molar-refractivity contribution in [3.05, 3.63) is 62.5 Å². The second-order valence-corrected chi connectivity index (χ2v) is 6.36. The van der Waals surface area contributed by atoms with Gasteiger partial charge in [0, 0.05) is 9.86 Å². The molecule has 3 aromatic rings. The van der Waals surface area contributed by atoms with E-state index in [4.69, 9.17) is 9.47 Å². The van der Waals surface area contributed by atoms with Gasteiger partial charge in [-0.1, -0.05) is 28.1 Å². The smallest absolute Gasteiger partial charge is 0.278 e. The predicted octanol–water partition coefficient (Wildman–Crippen LogP) is 2.72. The molecule has 0 aliphatic rings. The van der Waals surface area contributed by atoms with Crippen LogP contribution in [-0.4, -0.2) is 29.1 Å². The molecule has 0 saturated carbocycles.